The Morgan fingerprint density at radius 3 is 2.74 bits per heavy atom. The number of piperidine rings is 1. The van der Waals surface area contributed by atoms with E-state index >= 15 is 0 Å². The van der Waals surface area contributed by atoms with Gasteiger partial charge in [0, 0.05) is 19.4 Å². The second-order valence-electron chi connectivity index (χ2n) is 5.31. The van der Waals surface area contributed by atoms with Gasteiger partial charge in [-0.25, -0.2) is 0 Å². The molecule has 0 saturated carbocycles. The van der Waals surface area contributed by atoms with Crippen molar-refractivity contribution in [3.8, 4) is 0 Å². The number of hydrogen-bond donors (Lipinski definition) is 3. The number of rotatable bonds is 9. The molecule has 0 aromatic rings. The van der Waals surface area contributed by atoms with E-state index in [1.807, 2.05) is 0 Å². The Hall–Kier alpha value is -1.10. The van der Waals surface area contributed by atoms with Crippen LogP contribution in [0.25, 0.3) is 0 Å². The van der Waals surface area contributed by atoms with E-state index in [4.69, 9.17) is 5.11 Å². The molecule has 0 bridgehead atoms. The minimum Gasteiger partial charge on any atom is -0.481 e. The van der Waals surface area contributed by atoms with Gasteiger partial charge in [0.25, 0.3) is 0 Å². The number of hydrogen-bond acceptors (Lipinski definition) is 3. The van der Waals surface area contributed by atoms with Crippen molar-refractivity contribution in [2.75, 3.05) is 19.6 Å². The summed E-state index contributed by atoms with van der Waals surface area (Å²) in [6.07, 6.45) is 6.68. The van der Waals surface area contributed by atoms with Gasteiger partial charge < -0.3 is 15.7 Å². The van der Waals surface area contributed by atoms with Crippen molar-refractivity contribution >= 4 is 11.9 Å². The van der Waals surface area contributed by atoms with Gasteiger partial charge in [0.05, 0.1) is 0 Å². The summed E-state index contributed by atoms with van der Waals surface area (Å²) in [5.41, 5.74) is 0. The van der Waals surface area contributed by atoms with Gasteiger partial charge in [-0.2, -0.15) is 0 Å². The molecular formula is C14H26N2O3. The Morgan fingerprint density at radius 2 is 2.05 bits per heavy atom. The third-order valence-electron chi connectivity index (χ3n) is 3.57. The van der Waals surface area contributed by atoms with Crippen LogP contribution in [0.15, 0.2) is 0 Å². The fourth-order valence-electron chi connectivity index (χ4n) is 2.40. The van der Waals surface area contributed by atoms with E-state index < -0.39 is 5.97 Å². The molecule has 1 fully saturated rings. The van der Waals surface area contributed by atoms with Crippen LogP contribution in [0.3, 0.4) is 0 Å². The van der Waals surface area contributed by atoms with E-state index in [2.05, 4.69) is 10.6 Å². The summed E-state index contributed by atoms with van der Waals surface area (Å²) in [6, 6.07) is 0. The predicted octanol–water partition coefficient (Wildman–Crippen LogP) is 1.53. The average molecular weight is 270 g/mol. The molecule has 0 aliphatic carbocycles. The summed E-state index contributed by atoms with van der Waals surface area (Å²) in [7, 11) is 0. The molecule has 3 N–H and O–H groups in total. The molecule has 1 aliphatic rings. The fraction of sp³-hybridized carbons (Fsp3) is 0.857. The predicted molar refractivity (Wildman–Crippen MR) is 73.9 cm³/mol. The van der Waals surface area contributed by atoms with Crippen LogP contribution in [-0.4, -0.2) is 36.6 Å². The highest BCUT2D eigenvalue weighted by atomic mass is 16.4. The van der Waals surface area contributed by atoms with Gasteiger partial charge in [0.1, 0.15) is 0 Å². The van der Waals surface area contributed by atoms with Gasteiger partial charge in [-0.3, -0.25) is 9.59 Å². The van der Waals surface area contributed by atoms with Gasteiger partial charge in [-0.1, -0.05) is 6.42 Å². The van der Waals surface area contributed by atoms with Crippen molar-refractivity contribution in [1.29, 1.82) is 0 Å². The van der Waals surface area contributed by atoms with Gasteiger partial charge in [-0.05, 0) is 51.1 Å². The monoisotopic (exact) mass is 270 g/mol. The Bertz CT molecular complexity index is 276. The van der Waals surface area contributed by atoms with Crippen LogP contribution in [0.2, 0.25) is 0 Å². The highest BCUT2D eigenvalue weighted by Crippen LogP contribution is 2.15. The zero-order valence-corrected chi connectivity index (χ0v) is 11.6. The molecular weight excluding hydrogens is 244 g/mol. The van der Waals surface area contributed by atoms with Crippen molar-refractivity contribution in [3.05, 3.63) is 0 Å². The largest absolute Gasteiger partial charge is 0.481 e. The van der Waals surface area contributed by atoms with Crippen LogP contribution in [0, 0.1) is 5.92 Å². The Morgan fingerprint density at radius 1 is 1.21 bits per heavy atom. The van der Waals surface area contributed by atoms with Crippen molar-refractivity contribution in [2.24, 2.45) is 5.92 Å². The molecule has 110 valence electrons. The fourth-order valence-corrected chi connectivity index (χ4v) is 2.40. The van der Waals surface area contributed by atoms with Crippen LogP contribution >= 0.6 is 0 Å². The molecule has 0 spiro atoms. The van der Waals surface area contributed by atoms with E-state index in [1.165, 1.54) is 12.8 Å². The summed E-state index contributed by atoms with van der Waals surface area (Å²) < 4.78 is 0. The summed E-state index contributed by atoms with van der Waals surface area (Å²) in [6.45, 7) is 2.82. The highest BCUT2D eigenvalue weighted by molar-refractivity contribution is 5.75. The molecule has 1 saturated heterocycles. The van der Waals surface area contributed by atoms with Crippen LogP contribution < -0.4 is 10.6 Å². The Labute approximate surface area is 115 Å². The normalized spacial score (nSPS) is 19.1. The third kappa shape index (κ3) is 8.59. The van der Waals surface area contributed by atoms with Gasteiger partial charge >= 0.3 is 5.97 Å². The first-order chi connectivity index (χ1) is 9.18. The summed E-state index contributed by atoms with van der Waals surface area (Å²) in [5, 5.41) is 14.7. The molecule has 5 nitrogen and oxygen atoms in total. The molecule has 1 amide bonds. The molecule has 1 aliphatic heterocycles. The molecule has 19 heavy (non-hydrogen) atoms. The Balaban J connectivity index is 1.91. The first kappa shape index (κ1) is 16.0. The topological polar surface area (TPSA) is 78.4 Å². The molecule has 1 rings (SSSR count). The highest BCUT2D eigenvalue weighted by Gasteiger charge is 2.14. The maximum Gasteiger partial charge on any atom is 0.303 e. The zero-order chi connectivity index (χ0) is 13.9. The van der Waals surface area contributed by atoms with Crippen LogP contribution in [0.5, 0.6) is 0 Å². The van der Waals surface area contributed by atoms with Crippen LogP contribution in [0.4, 0.5) is 0 Å². The molecule has 1 atom stereocenters. The third-order valence-corrected chi connectivity index (χ3v) is 3.57. The average Bonchev–Trinajstić information content (AvgIpc) is 2.41. The zero-order valence-electron chi connectivity index (χ0n) is 11.6. The lowest BCUT2D eigenvalue weighted by Crippen LogP contribution is -2.31. The second-order valence-corrected chi connectivity index (χ2v) is 5.31. The quantitative estimate of drug-likeness (QED) is 0.555. The number of carbonyl (C=O) groups excluding carboxylic acids is 1. The molecule has 1 heterocycles. The summed E-state index contributed by atoms with van der Waals surface area (Å²) in [5.74, 6) is 0.0315. The Kier molecular flexibility index (Phi) is 8.21. The van der Waals surface area contributed by atoms with E-state index in [1.54, 1.807) is 0 Å². The van der Waals surface area contributed by atoms with Gasteiger partial charge in [0.2, 0.25) is 5.91 Å². The van der Waals surface area contributed by atoms with Crippen molar-refractivity contribution < 1.29 is 14.7 Å². The number of nitrogens with one attached hydrogen (secondary N) is 2. The lowest BCUT2D eigenvalue weighted by atomic mass is 9.94. The number of unbranched alkanes of at least 4 members (excludes halogenated alkanes) is 2. The molecule has 5 heteroatoms. The van der Waals surface area contributed by atoms with E-state index in [0.717, 1.165) is 32.4 Å². The van der Waals surface area contributed by atoms with Crippen LogP contribution in [-0.2, 0) is 9.59 Å². The van der Waals surface area contributed by atoms with Gasteiger partial charge in [0.15, 0.2) is 0 Å². The maximum absolute atomic E-state index is 11.6. The number of carboxylic acid groups (broad SMARTS) is 1. The van der Waals surface area contributed by atoms with E-state index in [9.17, 15) is 9.59 Å². The summed E-state index contributed by atoms with van der Waals surface area (Å²) >= 11 is 0. The first-order valence-corrected chi connectivity index (χ1v) is 7.37. The standard InChI is InChI=1S/C14H26N2O3/c17-13(8-7-12-5-4-9-15-11-12)16-10-3-1-2-6-14(18)19/h12,15H,1-11H2,(H,16,17)(H,18,19). The van der Waals surface area contributed by atoms with Crippen molar-refractivity contribution in [1.82, 2.24) is 10.6 Å². The number of carboxylic acids is 1. The number of amides is 1. The maximum atomic E-state index is 11.6. The lowest BCUT2D eigenvalue weighted by molar-refractivity contribution is -0.137. The molecule has 0 radical (unpaired) electrons. The van der Waals surface area contributed by atoms with Crippen molar-refractivity contribution in [3.63, 3.8) is 0 Å². The SMILES string of the molecule is O=C(O)CCCCCNC(=O)CCC1CCCNC1. The molecule has 0 aromatic carbocycles. The summed E-state index contributed by atoms with van der Waals surface area (Å²) in [4.78, 5) is 21.9. The second kappa shape index (κ2) is 9.78. The molecule has 1 unspecified atom stereocenters. The van der Waals surface area contributed by atoms with Crippen molar-refractivity contribution in [2.45, 2.75) is 51.4 Å². The van der Waals surface area contributed by atoms with Crippen LogP contribution in [0.1, 0.15) is 51.4 Å². The number of carbonyl (C=O) groups is 2. The first-order valence-electron chi connectivity index (χ1n) is 7.37. The molecule has 0 aromatic heterocycles. The van der Waals surface area contributed by atoms with E-state index in [-0.39, 0.29) is 12.3 Å². The minimum atomic E-state index is -0.745. The smallest absolute Gasteiger partial charge is 0.303 e. The lowest BCUT2D eigenvalue weighted by Gasteiger charge is -2.22. The number of aliphatic carboxylic acids is 1. The van der Waals surface area contributed by atoms with E-state index in [0.29, 0.717) is 25.3 Å². The van der Waals surface area contributed by atoms with Gasteiger partial charge in [-0.15, -0.1) is 0 Å². The minimum absolute atomic E-state index is 0.129.